The van der Waals surface area contributed by atoms with Crippen molar-refractivity contribution in [2.24, 2.45) is 10.9 Å². The molecule has 0 radical (unpaired) electrons. The molecule has 0 aliphatic carbocycles. The molecule has 2 N–H and O–H groups in total. The van der Waals surface area contributed by atoms with Gasteiger partial charge in [0.05, 0.1) is 5.69 Å². The Balaban J connectivity index is 0.00000243. The lowest BCUT2D eigenvalue weighted by atomic mass is 10.1. The summed E-state index contributed by atoms with van der Waals surface area (Å²) >= 11 is 0. The second-order valence-corrected chi connectivity index (χ2v) is 7.22. The SMILES string of the molecule is CN=C(NCCc1cn2ccccc2n1)NC1CN(C(C)C)CC1C.I. The fourth-order valence-corrected chi connectivity index (χ4v) is 3.40. The van der Waals surface area contributed by atoms with Crippen LogP contribution in [-0.2, 0) is 6.42 Å². The van der Waals surface area contributed by atoms with E-state index in [0.717, 1.165) is 43.4 Å². The predicted molar refractivity (Wildman–Crippen MR) is 118 cm³/mol. The number of halogens is 1. The summed E-state index contributed by atoms with van der Waals surface area (Å²) in [5.74, 6) is 1.51. The van der Waals surface area contributed by atoms with Crippen molar-refractivity contribution in [3.63, 3.8) is 0 Å². The zero-order valence-electron chi connectivity index (χ0n) is 16.1. The minimum atomic E-state index is 0. The zero-order valence-corrected chi connectivity index (χ0v) is 18.5. The van der Waals surface area contributed by atoms with Crippen LogP contribution in [-0.4, -0.2) is 59.0 Å². The molecule has 0 saturated carbocycles. The van der Waals surface area contributed by atoms with Crippen molar-refractivity contribution in [2.75, 3.05) is 26.7 Å². The van der Waals surface area contributed by atoms with Crippen molar-refractivity contribution in [3.05, 3.63) is 36.3 Å². The summed E-state index contributed by atoms with van der Waals surface area (Å²) in [5, 5.41) is 7.01. The van der Waals surface area contributed by atoms with Crippen molar-refractivity contribution in [3.8, 4) is 0 Å². The van der Waals surface area contributed by atoms with E-state index in [0.29, 0.717) is 18.0 Å². The second-order valence-electron chi connectivity index (χ2n) is 7.22. The van der Waals surface area contributed by atoms with Crippen LogP contribution in [0, 0.1) is 5.92 Å². The number of nitrogens with zero attached hydrogens (tertiary/aromatic N) is 4. The Morgan fingerprint density at radius 3 is 2.81 bits per heavy atom. The second kappa shape index (κ2) is 9.55. The molecule has 0 amide bonds. The maximum atomic E-state index is 4.64. The van der Waals surface area contributed by atoms with Gasteiger partial charge in [-0.2, -0.15) is 0 Å². The van der Waals surface area contributed by atoms with Gasteiger partial charge in [-0.1, -0.05) is 13.0 Å². The highest BCUT2D eigenvalue weighted by atomic mass is 127. The molecule has 2 aromatic heterocycles. The number of fused-ring (bicyclic) bond motifs is 1. The van der Waals surface area contributed by atoms with Crippen LogP contribution in [0.3, 0.4) is 0 Å². The monoisotopic (exact) mass is 470 g/mol. The number of guanidine groups is 1. The molecule has 3 heterocycles. The summed E-state index contributed by atoms with van der Waals surface area (Å²) < 4.78 is 2.06. The highest BCUT2D eigenvalue weighted by Gasteiger charge is 2.31. The fraction of sp³-hybridized carbons (Fsp3) is 0.579. The maximum absolute atomic E-state index is 4.64. The molecule has 1 saturated heterocycles. The van der Waals surface area contributed by atoms with Crippen LogP contribution in [0.4, 0.5) is 0 Å². The van der Waals surface area contributed by atoms with E-state index in [1.807, 2.05) is 31.4 Å². The van der Waals surface area contributed by atoms with Gasteiger partial charge in [0, 0.05) is 57.6 Å². The van der Waals surface area contributed by atoms with Gasteiger partial charge in [0.1, 0.15) is 5.65 Å². The number of imidazole rings is 1. The Hall–Kier alpha value is -1.35. The Morgan fingerprint density at radius 2 is 2.15 bits per heavy atom. The third-order valence-corrected chi connectivity index (χ3v) is 5.00. The number of likely N-dealkylation sites (tertiary alicyclic amines) is 1. The summed E-state index contributed by atoms with van der Waals surface area (Å²) in [6.45, 7) is 9.87. The largest absolute Gasteiger partial charge is 0.356 e. The van der Waals surface area contributed by atoms with Gasteiger partial charge in [-0.05, 0) is 31.9 Å². The van der Waals surface area contributed by atoms with Crippen molar-refractivity contribution < 1.29 is 0 Å². The van der Waals surface area contributed by atoms with Crippen molar-refractivity contribution in [2.45, 2.75) is 39.3 Å². The molecule has 2 aromatic rings. The number of pyridine rings is 1. The number of rotatable bonds is 5. The smallest absolute Gasteiger partial charge is 0.191 e. The topological polar surface area (TPSA) is 57.0 Å². The van der Waals surface area contributed by atoms with Gasteiger partial charge in [0.15, 0.2) is 5.96 Å². The number of hydrogen-bond acceptors (Lipinski definition) is 3. The summed E-state index contributed by atoms with van der Waals surface area (Å²) in [6.07, 6.45) is 5.00. The molecule has 1 aliphatic heterocycles. The van der Waals surface area contributed by atoms with E-state index in [-0.39, 0.29) is 24.0 Å². The number of hydrogen-bond donors (Lipinski definition) is 2. The van der Waals surface area contributed by atoms with E-state index in [9.17, 15) is 0 Å². The molecule has 3 rings (SSSR count). The first-order chi connectivity index (χ1) is 12.1. The average molecular weight is 470 g/mol. The highest BCUT2D eigenvalue weighted by Crippen LogP contribution is 2.18. The first-order valence-electron chi connectivity index (χ1n) is 9.20. The van der Waals surface area contributed by atoms with Gasteiger partial charge in [-0.15, -0.1) is 24.0 Å². The lowest BCUT2D eigenvalue weighted by Crippen LogP contribution is -2.47. The van der Waals surface area contributed by atoms with Crippen molar-refractivity contribution >= 4 is 35.6 Å². The van der Waals surface area contributed by atoms with E-state index in [4.69, 9.17) is 0 Å². The first kappa shape index (κ1) is 21.0. The Bertz CT molecular complexity index is 693. The summed E-state index contributed by atoms with van der Waals surface area (Å²) in [4.78, 5) is 11.5. The molecule has 0 bridgehead atoms. The molecule has 0 spiro atoms. The molecule has 1 fully saturated rings. The molecule has 2 atom stereocenters. The predicted octanol–water partition coefficient (Wildman–Crippen LogP) is 2.39. The average Bonchev–Trinajstić information content (AvgIpc) is 3.17. The van der Waals surface area contributed by atoms with Crippen LogP contribution in [0.1, 0.15) is 26.5 Å². The standard InChI is InChI=1S/C19H30N6.HI/c1-14(2)25-11-15(3)17(13-25)23-19(20-4)21-9-8-16-12-24-10-6-5-7-18(24)22-16;/h5-7,10,12,14-15,17H,8-9,11,13H2,1-4H3,(H2,20,21,23);1H. The zero-order chi connectivity index (χ0) is 17.8. The molecule has 7 heteroatoms. The Morgan fingerprint density at radius 1 is 1.35 bits per heavy atom. The van der Waals surface area contributed by atoms with Crippen LogP contribution < -0.4 is 10.6 Å². The maximum Gasteiger partial charge on any atom is 0.191 e. The van der Waals surface area contributed by atoms with Crippen molar-refractivity contribution in [1.82, 2.24) is 24.9 Å². The fourth-order valence-electron chi connectivity index (χ4n) is 3.40. The third kappa shape index (κ3) is 5.09. The normalized spacial score (nSPS) is 21.2. The number of aromatic nitrogens is 2. The van der Waals surface area contributed by atoms with E-state index in [2.05, 4.69) is 56.9 Å². The summed E-state index contributed by atoms with van der Waals surface area (Å²) in [6, 6.07) is 7.10. The van der Waals surface area contributed by atoms with Gasteiger partial charge in [-0.25, -0.2) is 4.98 Å². The van der Waals surface area contributed by atoms with E-state index >= 15 is 0 Å². The number of aliphatic imine (C=N–C) groups is 1. The van der Waals surface area contributed by atoms with Crippen LogP contribution in [0.25, 0.3) is 5.65 Å². The Labute approximate surface area is 173 Å². The quantitative estimate of drug-likeness (QED) is 0.401. The minimum absolute atomic E-state index is 0. The number of nitrogens with one attached hydrogen (secondary N) is 2. The van der Waals surface area contributed by atoms with Crippen LogP contribution in [0.5, 0.6) is 0 Å². The minimum Gasteiger partial charge on any atom is -0.356 e. The van der Waals surface area contributed by atoms with Crippen LogP contribution in [0.15, 0.2) is 35.6 Å². The summed E-state index contributed by atoms with van der Waals surface area (Å²) in [7, 11) is 1.83. The highest BCUT2D eigenvalue weighted by molar-refractivity contribution is 14.0. The van der Waals surface area contributed by atoms with Crippen molar-refractivity contribution in [1.29, 1.82) is 0 Å². The summed E-state index contributed by atoms with van der Waals surface area (Å²) in [5.41, 5.74) is 2.09. The van der Waals surface area contributed by atoms with Gasteiger partial charge < -0.3 is 15.0 Å². The lowest BCUT2D eigenvalue weighted by Gasteiger charge is -2.21. The van der Waals surface area contributed by atoms with Gasteiger partial charge in [-0.3, -0.25) is 9.89 Å². The first-order valence-corrected chi connectivity index (χ1v) is 9.20. The lowest BCUT2D eigenvalue weighted by molar-refractivity contribution is 0.265. The molecule has 6 nitrogen and oxygen atoms in total. The Kier molecular flexibility index (Phi) is 7.69. The molecule has 0 aromatic carbocycles. The van der Waals surface area contributed by atoms with E-state index in [1.54, 1.807) is 0 Å². The molecule has 144 valence electrons. The third-order valence-electron chi connectivity index (χ3n) is 5.00. The van der Waals surface area contributed by atoms with Gasteiger partial charge in [0.25, 0.3) is 0 Å². The van der Waals surface area contributed by atoms with E-state index in [1.165, 1.54) is 0 Å². The van der Waals surface area contributed by atoms with Crippen LogP contribution in [0.2, 0.25) is 0 Å². The molecule has 1 aliphatic rings. The molecular weight excluding hydrogens is 439 g/mol. The molecule has 26 heavy (non-hydrogen) atoms. The molecule has 2 unspecified atom stereocenters. The van der Waals surface area contributed by atoms with Gasteiger partial charge in [0.2, 0.25) is 0 Å². The molecular formula is C19H31IN6. The van der Waals surface area contributed by atoms with Gasteiger partial charge >= 0.3 is 0 Å². The van der Waals surface area contributed by atoms with Crippen LogP contribution >= 0.6 is 24.0 Å². The van der Waals surface area contributed by atoms with E-state index < -0.39 is 0 Å².